The van der Waals surface area contributed by atoms with E-state index in [1.807, 2.05) is 24.3 Å². The Kier molecular flexibility index (Phi) is 3.94. The molecule has 0 aliphatic heterocycles. The molecule has 0 aliphatic carbocycles. The Balaban J connectivity index is 1.91. The van der Waals surface area contributed by atoms with Crippen LogP contribution in [0.3, 0.4) is 0 Å². The molecule has 1 aromatic heterocycles. The lowest BCUT2D eigenvalue weighted by molar-refractivity contribution is 0.176. The van der Waals surface area contributed by atoms with Crippen LogP contribution in [0.5, 0.6) is 0 Å². The average molecular weight is 283 g/mol. The van der Waals surface area contributed by atoms with E-state index in [1.54, 1.807) is 7.11 Å². The molecule has 0 saturated carbocycles. The maximum Gasteiger partial charge on any atom is 0.228 e. The van der Waals surface area contributed by atoms with Crippen molar-refractivity contribution in [2.45, 2.75) is 12.5 Å². The number of benzene rings is 2. The molecule has 0 saturated heterocycles. The van der Waals surface area contributed by atoms with Crippen LogP contribution in [0.2, 0.25) is 0 Å². The van der Waals surface area contributed by atoms with Gasteiger partial charge in [-0.1, -0.05) is 47.6 Å². The van der Waals surface area contributed by atoms with Crippen molar-refractivity contribution in [1.82, 2.24) is 10.1 Å². The molecule has 2 N–H and O–H groups in total. The van der Waals surface area contributed by atoms with Crippen molar-refractivity contribution in [3.05, 3.63) is 48.4 Å². The summed E-state index contributed by atoms with van der Waals surface area (Å²) in [5.41, 5.74) is 6.86. The van der Waals surface area contributed by atoms with Gasteiger partial charge in [0.25, 0.3) is 0 Å². The molecule has 0 spiro atoms. The first-order chi connectivity index (χ1) is 10.3. The minimum Gasteiger partial charge on any atom is -0.383 e. The summed E-state index contributed by atoms with van der Waals surface area (Å²) in [5, 5.41) is 6.32. The molecule has 0 amide bonds. The van der Waals surface area contributed by atoms with Crippen LogP contribution < -0.4 is 5.73 Å². The average Bonchev–Trinajstić information content (AvgIpc) is 2.95. The van der Waals surface area contributed by atoms with Gasteiger partial charge in [-0.05, 0) is 10.8 Å². The lowest BCUT2D eigenvalue weighted by atomic mass is 10.0. The summed E-state index contributed by atoms with van der Waals surface area (Å²) in [7, 11) is 1.62. The van der Waals surface area contributed by atoms with Crippen molar-refractivity contribution in [1.29, 1.82) is 0 Å². The molecular formula is C16H17N3O2. The zero-order valence-corrected chi connectivity index (χ0v) is 11.8. The van der Waals surface area contributed by atoms with Crippen molar-refractivity contribution < 1.29 is 9.26 Å². The van der Waals surface area contributed by atoms with Gasteiger partial charge in [0.05, 0.1) is 6.61 Å². The summed E-state index contributed by atoms with van der Waals surface area (Å²) in [6.07, 6.45) is 0.506. The second-order valence-electron chi connectivity index (χ2n) is 4.96. The fourth-order valence-corrected chi connectivity index (χ4v) is 2.36. The topological polar surface area (TPSA) is 74.2 Å². The first kappa shape index (κ1) is 13.7. The molecule has 5 heteroatoms. The van der Waals surface area contributed by atoms with Crippen molar-refractivity contribution in [2.24, 2.45) is 5.73 Å². The van der Waals surface area contributed by atoms with Gasteiger partial charge in [0.15, 0.2) is 0 Å². The normalized spacial score (nSPS) is 12.7. The number of ether oxygens (including phenoxy) is 1. The third kappa shape index (κ3) is 2.94. The van der Waals surface area contributed by atoms with Gasteiger partial charge in [-0.2, -0.15) is 4.98 Å². The molecule has 5 nitrogen and oxygen atoms in total. The lowest BCUT2D eigenvalue weighted by Crippen LogP contribution is -2.28. The van der Waals surface area contributed by atoms with Gasteiger partial charge < -0.3 is 15.0 Å². The minimum atomic E-state index is -0.143. The predicted molar refractivity (Wildman–Crippen MR) is 80.8 cm³/mol. The van der Waals surface area contributed by atoms with Gasteiger partial charge in [-0.3, -0.25) is 0 Å². The molecule has 0 aliphatic rings. The number of aromatic nitrogens is 2. The van der Waals surface area contributed by atoms with Crippen LogP contribution in [0.4, 0.5) is 0 Å². The van der Waals surface area contributed by atoms with Crippen LogP contribution in [0.15, 0.2) is 47.0 Å². The molecule has 108 valence electrons. The van der Waals surface area contributed by atoms with Gasteiger partial charge in [0.2, 0.25) is 11.7 Å². The molecule has 1 atom stereocenters. The van der Waals surface area contributed by atoms with Crippen LogP contribution >= 0.6 is 0 Å². The van der Waals surface area contributed by atoms with Gasteiger partial charge in [-0.15, -0.1) is 0 Å². The van der Waals surface area contributed by atoms with E-state index in [4.69, 9.17) is 15.0 Å². The molecule has 0 radical (unpaired) electrons. The number of hydrogen-bond donors (Lipinski definition) is 1. The van der Waals surface area contributed by atoms with Gasteiger partial charge in [-0.25, -0.2) is 0 Å². The molecule has 3 rings (SSSR count). The first-order valence-electron chi connectivity index (χ1n) is 6.83. The van der Waals surface area contributed by atoms with E-state index in [-0.39, 0.29) is 6.04 Å². The highest BCUT2D eigenvalue weighted by atomic mass is 16.5. The van der Waals surface area contributed by atoms with Crippen LogP contribution in [-0.4, -0.2) is 29.9 Å². The van der Waals surface area contributed by atoms with Crippen molar-refractivity contribution in [3.8, 4) is 11.4 Å². The van der Waals surface area contributed by atoms with E-state index >= 15 is 0 Å². The quantitative estimate of drug-likeness (QED) is 0.778. The first-order valence-corrected chi connectivity index (χ1v) is 6.83. The molecule has 2 aromatic carbocycles. The number of rotatable bonds is 5. The highest BCUT2D eigenvalue weighted by molar-refractivity contribution is 5.94. The second-order valence-corrected chi connectivity index (χ2v) is 4.96. The third-order valence-corrected chi connectivity index (χ3v) is 3.32. The summed E-state index contributed by atoms with van der Waals surface area (Å²) in [4.78, 5) is 4.44. The SMILES string of the molecule is COCC(N)Cc1nc(-c2cccc3ccccc23)no1. The maximum atomic E-state index is 5.90. The van der Waals surface area contributed by atoms with Crippen LogP contribution in [0.25, 0.3) is 22.2 Å². The molecule has 1 heterocycles. The van der Waals surface area contributed by atoms with E-state index in [2.05, 4.69) is 28.3 Å². The second kappa shape index (κ2) is 6.03. The van der Waals surface area contributed by atoms with Gasteiger partial charge in [0.1, 0.15) is 0 Å². The summed E-state index contributed by atoms with van der Waals surface area (Å²) in [5.74, 6) is 1.12. The number of hydrogen-bond acceptors (Lipinski definition) is 5. The lowest BCUT2D eigenvalue weighted by Gasteiger charge is -2.05. The summed E-state index contributed by atoms with van der Waals surface area (Å²) >= 11 is 0. The Labute approximate surface area is 122 Å². The predicted octanol–water partition coefficient (Wildman–Crippen LogP) is 2.41. The van der Waals surface area contributed by atoms with Crippen molar-refractivity contribution in [2.75, 3.05) is 13.7 Å². The van der Waals surface area contributed by atoms with E-state index in [1.165, 1.54) is 0 Å². The van der Waals surface area contributed by atoms with Crippen molar-refractivity contribution >= 4 is 10.8 Å². The van der Waals surface area contributed by atoms with Crippen molar-refractivity contribution in [3.63, 3.8) is 0 Å². The molecule has 21 heavy (non-hydrogen) atoms. The monoisotopic (exact) mass is 283 g/mol. The Morgan fingerprint density at radius 1 is 1.19 bits per heavy atom. The molecule has 3 aromatic rings. The maximum absolute atomic E-state index is 5.90. The zero-order chi connectivity index (χ0) is 14.7. The third-order valence-electron chi connectivity index (χ3n) is 3.32. The fourth-order valence-electron chi connectivity index (χ4n) is 2.36. The summed E-state index contributed by atoms with van der Waals surface area (Å²) in [6.45, 7) is 0.464. The Morgan fingerprint density at radius 2 is 2.00 bits per heavy atom. The zero-order valence-electron chi connectivity index (χ0n) is 11.8. The highest BCUT2D eigenvalue weighted by Gasteiger charge is 2.13. The van der Waals surface area contributed by atoms with E-state index < -0.39 is 0 Å². The summed E-state index contributed by atoms with van der Waals surface area (Å²) in [6, 6.07) is 14.0. The molecule has 0 bridgehead atoms. The van der Waals surface area contributed by atoms with E-state index in [0.29, 0.717) is 24.7 Å². The van der Waals surface area contributed by atoms with Crippen LogP contribution in [0.1, 0.15) is 5.89 Å². The summed E-state index contributed by atoms with van der Waals surface area (Å²) < 4.78 is 10.3. The molecule has 1 unspecified atom stereocenters. The Hall–Kier alpha value is -2.24. The van der Waals surface area contributed by atoms with Gasteiger partial charge >= 0.3 is 0 Å². The number of nitrogens with two attached hydrogens (primary N) is 1. The standard InChI is InChI=1S/C16H17N3O2/c1-20-10-12(17)9-15-18-16(19-21-15)14-8-4-6-11-5-2-3-7-13(11)14/h2-8,12H,9-10,17H2,1H3. The molecule has 0 fully saturated rings. The minimum absolute atomic E-state index is 0.143. The highest BCUT2D eigenvalue weighted by Crippen LogP contribution is 2.26. The fraction of sp³-hybridized carbons (Fsp3) is 0.250. The number of nitrogens with zero attached hydrogens (tertiary/aromatic N) is 2. The van der Waals surface area contributed by atoms with E-state index in [0.717, 1.165) is 16.3 Å². The van der Waals surface area contributed by atoms with Crippen LogP contribution in [-0.2, 0) is 11.2 Å². The Bertz CT molecular complexity index is 734. The van der Waals surface area contributed by atoms with Crippen LogP contribution in [0, 0.1) is 0 Å². The number of methoxy groups -OCH3 is 1. The molecular weight excluding hydrogens is 266 g/mol. The van der Waals surface area contributed by atoms with Gasteiger partial charge in [0, 0.05) is 25.1 Å². The largest absolute Gasteiger partial charge is 0.383 e. The van der Waals surface area contributed by atoms with E-state index in [9.17, 15) is 0 Å². The number of fused-ring (bicyclic) bond motifs is 1. The smallest absolute Gasteiger partial charge is 0.228 e. The Morgan fingerprint density at radius 3 is 2.86 bits per heavy atom.